The van der Waals surface area contributed by atoms with E-state index in [1.54, 1.807) is 0 Å². The van der Waals surface area contributed by atoms with Crippen LogP contribution in [0.5, 0.6) is 0 Å². The van der Waals surface area contributed by atoms with Gasteiger partial charge in [0.15, 0.2) is 0 Å². The molecule has 2 aliphatic heterocycles. The molecule has 124 valence electrons. The molecule has 0 bridgehead atoms. The van der Waals surface area contributed by atoms with Crippen molar-refractivity contribution in [1.82, 2.24) is 10.2 Å². The summed E-state index contributed by atoms with van der Waals surface area (Å²) < 4.78 is 5.62. The SMILES string of the molecule is CCCNC(CN1CCCC(C(C)C)CC1)C1CCOC1. The number of likely N-dealkylation sites (tertiary alicyclic amines) is 1. The third-order valence-corrected chi connectivity index (χ3v) is 5.45. The molecule has 1 N–H and O–H groups in total. The maximum atomic E-state index is 5.62. The van der Waals surface area contributed by atoms with Crippen molar-refractivity contribution in [3.05, 3.63) is 0 Å². The van der Waals surface area contributed by atoms with E-state index in [0.717, 1.165) is 37.5 Å². The Bertz CT molecular complexity index is 276. The van der Waals surface area contributed by atoms with Crippen molar-refractivity contribution in [1.29, 1.82) is 0 Å². The highest BCUT2D eigenvalue weighted by molar-refractivity contribution is 4.83. The van der Waals surface area contributed by atoms with Crippen LogP contribution < -0.4 is 5.32 Å². The second-order valence-corrected chi connectivity index (χ2v) is 7.42. The molecule has 0 saturated carbocycles. The third kappa shape index (κ3) is 5.54. The Kier molecular flexibility index (Phi) is 7.48. The van der Waals surface area contributed by atoms with Gasteiger partial charge in [-0.1, -0.05) is 20.8 Å². The van der Waals surface area contributed by atoms with E-state index in [-0.39, 0.29) is 0 Å². The van der Waals surface area contributed by atoms with Crippen molar-refractivity contribution in [3.8, 4) is 0 Å². The maximum Gasteiger partial charge on any atom is 0.0510 e. The summed E-state index contributed by atoms with van der Waals surface area (Å²) in [6.45, 7) is 13.9. The van der Waals surface area contributed by atoms with Gasteiger partial charge in [-0.2, -0.15) is 0 Å². The fourth-order valence-corrected chi connectivity index (χ4v) is 3.89. The number of nitrogens with one attached hydrogen (secondary N) is 1. The molecule has 3 nitrogen and oxygen atoms in total. The summed E-state index contributed by atoms with van der Waals surface area (Å²) in [4.78, 5) is 2.72. The van der Waals surface area contributed by atoms with Gasteiger partial charge in [0.2, 0.25) is 0 Å². The lowest BCUT2D eigenvalue weighted by atomic mass is 9.89. The van der Waals surface area contributed by atoms with Crippen LogP contribution in [-0.2, 0) is 4.74 Å². The van der Waals surface area contributed by atoms with Crippen LogP contribution >= 0.6 is 0 Å². The minimum absolute atomic E-state index is 0.628. The molecule has 2 aliphatic rings. The Morgan fingerprint density at radius 3 is 2.67 bits per heavy atom. The summed E-state index contributed by atoms with van der Waals surface area (Å²) in [7, 11) is 0. The van der Waals surface area contributed by atoms with Crippen LogP contribution in [0.25, 0.3) is 0 Å². The van der Waals surface area contributed by atoms with Crippen molar-refractivity contribution >= 4 is 0 Å². The van der Waals surface area contributed by atoms with Crippen molar-refractivity contribution in [2.75, 3.05) is 39.4 Å². The molecule has 2 heterocycles. The molecule has 3 unspecified atom stereocenters. The smallest absolute Gasteiger partial charge is 0.0510 e. The molecule has 21 heavy (non-hydrogen) atoms. The van der Waals surface area contributed by atoms with Crippen LogP contribution in [-0.4, -0.2) is 50.3 Å². The molecular weight excluding hydrogens is 260 g/mol. The number of hydrogen-bond donors (Lipinski definition) is 1. The van der Waals surface area contributed by atoms with E-state index < -0.39 is 0 Å². The lowest BCUT2D eigenvalue weighted by Crippen LogP contribution is -2.46. The molecule has 2 saturated heterocycles. The van der Waals surface area contributed by atoms with Gasteiger partial charge in [0.1, 0.15) is 0 Å². The van der Waals surface area contributed by atoms with Gasteiger partial charge in [0, 0.05) is 25.1 Å². The van der Waals surface area contributed by atoms with Gasteiger partial charge in [-0.05, 0) is 63.6 Å². The summed E-state index contributed by atoms with van der Waals surface area (Å²) >= 11 is 0. The molecule has 0 aromatic heterocycles. The zero-order chi connectivity index (χ0) is 15.1. The molecule has 2 fully saturated rings. The van der Waals surface area contributed by atoms with Crippen LogP contribution in [0.4, 0.5) is 0 Å². The van der Waals surface area contributed by atoms with Crippen LogP contribution in [0.2, 0.25) is 0 Å². The fourth-order valence-electron chi connectivity index (χ4n) is 3.89. The number of nitrogens with zero attached hydrogens (tertiary/aromatic N) is 1. The molecule has 0 radical (unpaired) electrons. The lowest BCUT2D eigenvalue weighted by molar-refractivity contribution is 0.161. The summed E-state index contributed by atoms with van der Waals surface area (Å²) in [6, 6.07) is 0.628. The molecule has 3 heteroatoms. The standard InChI is InChI=1S/C18H36N2O/c1-4-9-19-18(17-8-12-21-14-17)13-20-10-5-6-16(7-11-20)15(2)3/h15-19H,4-14H2,1-3H3. The first-order chi connectivity index (χ1) is 10.2. The summed E-state index contributed by atoms with van der Waals surface area (Å²) in [5, 5.41) is 3.79. The third-order valence-electron chi connectivity index (χ3n) is 5.45. The van der Waals surface area contributed by atoms with Crippen molar-refractivity contribution in [2.45, 2.75) is 58.9 Å². The minimum atomic E-state index is 0.628. The fraction of sp³-hybridized carbons (Fsp3) is 1.00. The normalized spacial score (nSPS) is 29.7. The Morgan fingerprint density at radius 2 is 2.00 bits per heavy atom. The lowest BCUT2D eigenvalue weighted by Gasteiger charge is -2.30. The van der Waals surface area contributed by atoms with Gasteiger partial charge in [-0.15, -0.1) is 0 Å². The molecule has 0 aromatic carbocycles. The molecule has 0 aliphatic carbocycles. The highest BCUT2D eigenvalue weighted by atomic mass is 16.5. The average molecular weight is 296 g/mol. The van der Waals surface area contributed by atoms with Gasteiger partial charge in [0.05, 0.1) is 6.61 Å². The first kappa shape index (κ1) is 17.2. The minimum Gasteiger partial charge on any atom is -0.381 e. The van der Waals surface area contributed by atoms with Crippen LogP contribution in [0.15, 0.2) is 0 Å². The second-order valence-electron chi connectivity index (χ2n) is 7.42. The number of ether oxygens (including phenoxy) is 1. The van der Waals surface area contributed by atoms with E-state index in [0.29, 0.717) is 6.04 Å². The molecule has 0 amide bonds. The van der Waals surface area contributed by atoms with Crippen LogP contribution in [0, 0.1) is 17.8 Å². The Hall–Kier alpha value is -0.120. The van der Waals surface area contributed by atoms with Crippen LogP contribution in [0.3, 0.4) is 0 Å². The first-order valence-electron chi connectivity index (χ1n) is 9.24. The first-order valence-corrected chi connectivity index (χ1v) is 9.24. The predicted octanol–water partition coefficient (Wildman–Crippen LogP) is 3.15. The number of rotatable bonds is 7. The predicted molar refractivity (Wildman–Crippen MR) is 89.6 cm³/mol. The second kappa shape index (κ2) is 9.12. The Morgan fingerprint density at radius 1 is 1.14 bits per heavy atom. The molecule has 0 aromatic rings. The average Bonchev–Trinajstić information content (AvgIpc) is 2.89. The zero-order valence-corrected chi connectivity index (χ0v) is 14.4. The summed E-state index contributed by atoms with van der Waals surface area (Å²) in [5.74, 6) is 2.51. The van der Waals surface area contributed by atoms with Gasteiger partial charge in [-0.3, -0.25) is 0 Å². The maximum absolute atomic E-state index is 5.62. The molecule has 3 atom stereocenters. The topological polar surface area (TPSA) is 24.5 Å². The molecule has 2 rings (SSSR count). The quantitative estimate of drug-likeness (QED) is 0.781. The largest absolute Gasteiger partial charge is 0.381 e. The van der Waals surface area contributed by atoms with Crippen molar-refractivity contribution in [2.24, 2.45) is 17.8 Å². The van der Waals surface area contributed by atoms with E-state index in [2.05, 4.69) is 31.0 Å². The highest BCUT2D eigenvalue weighted by Crippen LogP contribution is 2.25. The van der Waals surface area contributed by atoms with Gasteiger partial charge < -0.3 is 15.0 Å². The van der Waals surface area contributed by atoms with E-state index in [9.17, 15) is 0 Å². The van der Waals surface area contributed by atoms with Gasteiger partial charge in [-0.25, -0.2) is 0 Å². The highest BCUT2D eigenvalue weighted by Gasteiger charge is 2.28. The van der Waals surface area contributed by atoms with Gasteiger partial charge >= 0.3 is 0 Å². The monoisotopic (exact) mass is 296 g/mol. The van der Waals surface area contributed by atoms with E-state index >= 15 is 0 Å². The van der Waals surface area contributed by atoms with E-state index in [4.69, 9.17) is 4.74 Å². The molecule has 0 spiro atoms. The van der Waals surface area contributed by atoms with E-state index in [1.165, 1.54) is 51.7 Å². The van der Waals surface area contributed by atoms with Crippen LogP contribution in [0.1, 0.15) is 52.9 Å². The summed E-state index contributed by atoms with van der Waals surface area (Å²) in [5.41, 5.74) is 0. The number of hydrogen-bond acceptors (Lipinski definition) is 3. The zero-order valence-electron chi connectivity index (χ0n) is 14.4. The van der Waals surface area contributed by atoms with Gasteiger partial charge in [0.25, 0.3) is 0 Å². The Balaban J connectivity index is 1.83. The van der Waals surface area contributed by atoms with Crippen molar-refractivity contribution < 1.29 is 4.74 Å². The Labute approximate surface area is 131 Å². The van der Waals surface area contributed by atoms with Crippen molar-refractivity contribution in [3.63, 3.8) is 0 Å². The van der Waals surface area contributed by atoms with E-state index in [1.807, 2.05) is 0 Å². The molecular formula is C18H36N2O. The summed E-state index contributed by atoms with van der Waals surface area (Å²) in [6.07, 6.45) is 6.65.